The molecule has 0 saturated heterocycles. The second-order valence-electron chi connectivity index (χ2n) is 3.30. The van der Waals surface area contributed by atoms with E-state index >= 15 is 0 Å². The largest absolute Gasteiger partial charge is 0.497 e. The molecule has 2 heteroatoms. The van der Waals surface area contributed by atoms with Crippen LogP contribution < -0.4 is 5.73 Å². The van der Waals surface area contributed by atoms with Gasteiger partial charge in [-0.2, -0.15) is 0 Å². The summed E-state index contributed by atoms with van der Waals surface area (Å²) < 4.78 is 5.19. The van der Waals surface area contributed by atoms with Crippen LogP contribution in [0, 0.1) is 5.92 Å². The summed E-state index contributed by atoms with van der Waals surface area (Å²) in [5, 5.41) is 0. The number of hydrogen-bond donors (Lipinski definition) is 1. The molecule has 0 heterocycles. The Hall–Kier alpha value is -0.760. The topological polar surface area (TPSA) is 35.2 Å². The van der Waals surface area contributed by atoms with Crippen molar-refractivity contribution < 1.29 is 4.74 Å². The monoisotopic (exact) mass is 183 g/mol. The zero-order valence-electron chi connectivity index (χ0n) is 9.08. The summed E-state index contributed by atoms with van der Waals surface area (Å²) in [7, 11) is 1.68. The summed E-state index contributed by atoms with van der Waals surface area (Å²) in [4.78, 5) is 0. The standard InChI is InChI=1S/C11H21NO/c1-5-6-7-11(13-4)8-9(2)10(3)12/h6-10H,5,12H2,1-4H3/b7-6-,11-8+. The summed E-state index contributed by atoms with van der Waals surface area (Å²) in [6.45, 7) is 6.18. The van der Waals surface area contributed by atoms with Gasteiger partial charge in [-0.3, -0.25) is 0 Å². The minimum Gasteiger partial charge on any atom is -0.497 e. The normalized spacial score (nSPS) is 17.5. The molecule has 13 heavy (non-hydrogen) atoms. The highest BCUT2D eigenvalue weighted by molar-refractivity contribution is 5.13. The third kappa shape index (κ3) is 5.47. The van der Waals surface area contributed by atoms with E-state index in [1.807, 2.05) is 13.0 Å². The average Bonchev–Trinajstić information content (AvgIpc) is 2.11. The van der Waals surface area contributed by atoms with Crippen LogP contribution in [0.3, 0.4) is 0 Å². The number of hydrogen-bond acceptors (Lipinski definition) is 2. The molecule has 2 nitrogen and oxygen atoms in total. The first-order chi connectivity index (χ1) is 6.11. The van der Waals surface area contributed by atoms with Gasteiger partial charge < -0.3 is 10.5 Å². The van der Waals surface area contributed by atoms with Crippen molar-refractivity contribution in [2.24, 2.45) is 11.7 Å². The minimum absolute atomic E-state index is 0.167. The van der Waals surface area contributed by atoms with E-state index in [-0.39, 0.29) is 6.04 Å². The summed E-state index contributed by atoms with van der Waals surface area (Å²) in [5.41, 5.74) is 5.74. The molecular formula is C11H21NO. The van der Waals surface area contributed by atoms with E-state index in [0.29, 0.717) is 5.92 Å². The molecule has 76 valence electrons. The van der Waals surface area contributed by atoms with E-state index in [4.69, 9.17) is 10.5 Å². The van der Waals surface area contributed by atoms with Crippen molar-refractivity contribution in [3.63, 3.8) is 0 Å². The summed E-state index contributed by atoms with van der Waals surface area (Å²) >= 11 is 0. The Labute approximate surface area is 81.5 Å². The molecule has 2 atom stereocenters. The fraction of sp³-hybridized carbons (Fsp3) is 0.636. The maximum absolute atomic E-state index is 5.74. The summed E-state index contributed by atoms with van der Waals surface area (Å²) in [6, 6.07) is 0.167. The summed E-state index contributed by atoms with van der Waals surface area (Å²) in [6.07, 6.45) is 7.13. The van der Waals surface area contributed by atoms with E-state index in [0.717, 1.165) is 12.2 Å². The van der Waals surface area contributed by atoms with Crippen LogP contribution in [0.5, 0.6) is 0 Å². The highest BCUT2D eigenvalue weighted by atomic mass is 16.5. The highest BCUT2D eigenvalue weighted by Gasteiger charge is 2.04. The fourth-order valence-electron chi connectivity index (χ4n) is 0.837. The SMILES string of the molecule is CC/C=C\C(=C/C(C)C(C)N)OC. The van der Waals surface area contributed by atoms with Crippen molar-refractivity contribution in [2.75, 3.05) is 7.11 Å². The Morgan fingerprint density at radius 2 is 2.08 bits per heavy atom. The van der Waals surface area contributed by atoms with Gasteiger partial charge in [-0.25, -0.2) is 0 Å². The fourth-order valence-corrected chi connectivity index (χ4v) is 0.837. The molecule has 2 N–H and O–H groups in total. The van der Waals surface area contributed by atoms with Crippen molar-refractivity contribution >= 4 is 0 Å². The first kappa shape index (κ1) is 12.2. The maximum atomic E-state index is 5.74. The smallest absolute Gasteiger partial charge is 0.114 e. The maximum Gasteiger partial charge on any atom is 0.114 e. The van der Waals surface area contributed by atoms with Crippen LogP contribution in [0.15, 0.2) is 24.0 Å². The van der Waals surface area contributed by atoms with Crippen LogP contribution in [0.25, 0.3) is 0 Å². The van der Waals surface area contributed by atoms with Crippen LogP contribution in [0.4, 0.5) is 0 Å². The molecule has 0 spiro atoms. The van der Waals surface area contributed by atoms with Gasteiger partial charge in [0.15, 0.2) is 0 Å². The van der Waals surface area contributed by atoms with Gasteiger partial charge >= 0.3 is 0 Å². The number of nitrogens with two attached hydrogens (primary N) is 1. The van der Waals surface area contributed by atoms with Gasteiger partial charge in [-0.05, 0) is 31.4 Å². The third-order valence-corrected chi connectivity index (χ3v) is 2.01. The van der Waals surface area contributed by atoms with E-state index in [9.17, 15) is 0 Å². The van der Waals surface area contributed by atoms with E-state index < -0.39 is 0 Å². The molecule has 0 radical (unpaired) electrons. The molecule has 0 saturated carbocycles. The van der Waals surface area contributed by atoms with Crippen molar-refractivity contribution in [3.8, 4) is 0 Å². The predicted molar refractivity (Wildman–Crippen MR) is 57.3 cm³/mol. The van der Waals surface area contributed by atoms with Gasteiger partial charge in [0.05, 0.1) is 7.11 Å². The van der Waals surface area contributed by atoms with E-state index in [1.165, 1.54) is 0 Å². The van der Waals surface area contributed by atoms with Gasteiger partial charge in [-0.1, -0.05) is 19.9 Å². The van der Waals surface area contributed by atoms with Crippen LogP contribution in [0.1, 0.15) is 27.2 Å². The molecule has 0 aromatic carbocycles. The Balaban J connectivity index is 4.28. The zero-order chi connectivity index (χ0) is 10.3. The third-order valence-electron chi connectivity index (χ3n) is 2.01. The van der Waals surface area contributed by atoms with Crippen LogP contribution in [-0.2, 0) is 4.74 Å². The Morgan fingerprint density at radius 1 is 1.46 bits per heavy atom. The Kier molecular flexibility index (Phi) is 6.33. The molecule has 2 unspecified atom stereocenters. The lowest BCUT2D eigenvalue weighted by Crippen LogP contribution is -2.22. The molecule has 0 aromatic rings. The quantitative estimate of drug-likeness (QED) is 0.525. The number of allylic oxidation sites excluding steroid dienone is 2. The lowest BCUT2D eigenvalue weighted by molar-refractivity contribution is 0.301. The second-order valence-corrected chi connectivity index (χ2v) is 3.30. The second kappa shape index (κ2) is 6.72. The zero-order valence-corrected chi connectivity index (χ0v) is 9.08. The van der Waals surface area contributed by atoms with E-state index in [2.05, 4.69) is 26.0 Å². The van der Waals surface area contributed by atoms with Gasteiger partial charge in [-0.15, -0.1) is 0 Å². The Morgan fingerprint density at radius 3 is 2.46 bits per heavy atom. The molecule has 0 amide bonds. The van der Waals surface area contributed by atoms with Gasteiger partial charge in [0, 0.05) is 6.04 Å². The lowest BCUT2D eigenvalue weighted by atomic mass is 10.0. The molecule has 0 fully saturated rings. The summed E-state index contributed by atoms with van der Waals surface area (Å²) in [5.74, 6) is 1.24. The van der Waals surface area contributed by atoms with Crippen molar-refractivity contribution in [1.82, 2.24) is 0 Å². The van der Waals surface area contributed by atoms with E-state index in [1.54, 1.807) is 7.11 Å². The first-order valence-electron chi connectivity index (χ1n) is 4.79. The van der Waals surface area contributed by atoms with Gasteiger partial charge in [0.1, 0.15) is 5.76 Å². The average molecular weight is 183 g/mol. The minimum atomic E-state index is 0.167. The number of ether oxygens (including phenoxy) is 1. The van der Waals surface area contributed by atoms with Crippen LogP contribution in [0.2, 0.25) is 0 Å². The van der Waals surface area contributed by atoms with Crippen molar-refractivity contribution in [2.45, 2.75) is 33.2 Å². The first-order valence-corrected chi connectivity index (χ1v) is 4.79. The Bertz CT molecular complexity index is 183. The van der Waals surface area contributed by atoms with Crippen LogP contribution in [-0.4, -0.2) is 13.2 Å². The molecule has 0 bridgehead atoms. The molecular weight excluding hydrogens is 162 g/mol. The van der Waals surface area contributed by atoms with Crippen molar-refractivity contribution in [3.05, 3.63) is 24.0 Å². The molecule has 0 aliphatic heterocycles. The van der Waals surface area contributed by atoms with Gasteiger partial charge in [0.25, 0.3) is 0 Å². The highest BCUT2D eigenvalue weighted by Crippen LogP contribution is 2.08. The molecule has 0 rings (SSSR count). The molecule has 0 aromatic heterocycles. The molecule has 0 aliphatic carbocycles. The number of methoxy groups -OCH3 is 1. The van der Waals surface area contributed by atoms with Gasteiger partial charge in [0.2, 0.25) is 0 Å². The number of rotatable bonds is 5. The lowest BCUT2D eigenvalue weighted by Gasteiger charge is -2.11. The molecule has 0 aliphatic rings. The predicted octanol–water partition coefficient (Wildman–Crippen LogP) is 2.47. The van der Waals surface area contributed by atoms with Crippen molar-refractivity contribution in [1.29, 1.82) is 0 Å². The van der Waals surface area contributed by atoms with Crippen LogP contribution >= 0.6 is 0 Å².